The summed E-state index contributed by atoms with van der Waals surface area (Å²) in [5, 5.41) is 19.0. The second-order valence-corrected chi connectivity index (χ2v) is 10.9. The van der Waals surface area contributed by atoms with Gasteiger partial charge in [0.15, 0.2) is 0 Å². The molecule has 42 heavy (non-hydrogen) atoms. The molecule has 0 aliphatic rings. The molecule has 0 saturated heterocycles. The van der Waals surface area contributed by atoms with E-state index in [0.717, 1.165) is 22.1 Å². The summed E-state index contributed by atoms with van der Waals surface area (Å²) >= 11 is 0. The Morgan fingerprint density at radius 3 is 1.86 bits per heavy atom. The van der Waals surface area contributed by atoms with Gasteiger partial charge in [0.05, 0.1) is 33.7 Å². The number of rotatable bonds is 2. The average molecular weight is 534 g/mol. The summed E-state index contributed by atoms with van der Waals surface area (Å²) in [7, 11) is 0. The van der Waals surface area contributed by atoms with Crippen LogP contribution in [0.15, 0.2) is 140 Å². The van der Waals surface area contributed by atoms with Crippen molar-refractivity contribution in [2.45, 2.75) is 0 Å². The van der Waals surface area contributed by atoms with E-state index in [1.54, 1.807) is 0 Å². The molecule has 0 aliphatic carbocycles. The number of fused-ring (bicyclic) bond motifs is 10. The van der Waals surface area contributed by atoms with Crippen LogP contribution in [0.5, 0.6) is 0 Å². The third-order valence-electron chi connectivity index (χ3n) is 8.69. The molecule has 0 radical (unpaired) electrons. The highest BCUT2D eigenvalue weighted by molar-refractivity contribution is 6.26. The van der Waals surface area contributed by atoms with Crippen molar-refractivity contribution in [3.05, 3.63) is 145 Å². The van der Waals surface area contributed by atoms with Crippen molar-refractivity contribution in [2.24, 2.45) is 0 Å². The van der Waals surface area contributed by atoms with Crippen LogP contribution < -0.4 is 0 Å². The molecule has 0 saturated carbocycles. The van der Waals surface area contributed by atoms with Gasteiger partial charge in [-0.15, -0.1) is 0 Å². The number of aromatic nitrogens is 2. The Bertz CT molecular complexity index is 2580. The van der Waals surface area contributed by atoms with Crippen LogP contribution in [-0.4, -0.2) is 9.13 Å². The largest absolute Gasteiger partial charge is 0.309 e. The van der Waals surface area contributed by atoms with Gasteiger partial charge in [-0.05, 0) is 76.1 Å². The van der Waals surface area contributed by atoms with Crippen molar-refractivity contribution in [1.82, 2.24) is 9.13 Å². The molecule has 194 valence electrons. The third-order valence-corrected chi connectivity index (χ3v) is 8.69. The predicted octanol–water partition coefficient (Wildman–Crippen LogP) is 10.1. The lowest BCUT2D eigenvalue weighted by Gasteiger charge is -2.12. The highest BCUT2D eigenvalue weighted by atomic mass is 15.0. The van der Waals surface area contributed by atoms with Crippen LogP contribution in [0.25, 0.3) is 76.5 Å². The molecule has 0 atom stereocenters. The molecule has 0 unspecified atom stereocenters. The number of nitrogens with zero attached hydrogens (tertiary/aromatic N) is 3. The minimum atomic E-state index is 0.683. The molecular formula is C39H23N3. The first-order valence-electron chi connectivity index (χ1n) is 14.2. The van der Waals surface area contributed by atoms with Gasteiger partial charge in [0, 0.05) is 32.9 Å². The van der Waals surface area contributed by atoms with Crippen molar-refractivity contribution in [1.29, 1.82) is 5.26 Å². The summed E-state index contributed by atoms with van der Waals surface area (Å²) in [6, 6.07) is 51.9. The van der Waals surface area contributed by atoms with Crippen LogP contribution in [0, 0.1) is 11.3 Å². The monoisotopic (exact) mass is 533 g/mol. The molecule has 0 amide bonds. The lowest BCUT2D eigenvalue weighted by Crippen LogP contribution is -1.95. The van der Waals surface area contributed by atoms with Gasteiger partial charge in [0.1, 0.15) is 0 Å². The zero-order valence-electron chi connectivity index (χ0n) is 22.6. The molecule has 9 rings (SSSR count). The number of nitriles is 1. The Kier molecular flexibility index (Phi) is 4.68. The Balaban J connectivity index is 1.42. The fourth-order valence-electron chi connectivity index (χ4n) is 6.90. The van der Waals surface area contributed by atoms with Crippen LogP contribution in [0.1, 0.15) is 5.56 Å². The van der Waals surface area contributed by atoms with Crippen LogP contribution in [-0.2, 0) is 0 Å². The zero-order valence-corrected chi connectivity index (χ0v) is 22.6. The molecular weight excluding hydrogens is 510 g/mol. The van der Waals surface area contributed by atoms with Gasteiger partial charge in [-0.3, -0.25) is 0 Å². The maximum Gasteiger partial charge on any atom is 0.0991 e. The van der Waals surface area contributed by atoms with E-state index in [2.05, 4.69) is 143 Å². The first kappa shape index (κ1) is 22.9. The molecule has 0 fully saturated rings. The van der Waals surface area contributed by atoms with Gasteiger partial charge in [-0.2, -0.15) is 5.26 Å². The number of benzene rings is 7. The number of hydrogen-bond acceptors (Lipinski definition) is 1. The molecule has 0 N–H and O–H groups in total. The average Bonchev–Trinajstić information content (AvgIpc) is 3.57. The van der Waals surface area contributed by atoms with E-state index in [9.17, 15) is 5.26 Å². The summed E-state index contributed by atoms with van der Waals surface area (Å²) in [6.45, 7) is 0. The van der Waals surface area contributed by atoms with E-state index in [0.29, 0.717) is 5.56 Å². The SMILES string of the molecule is N#Cc1ccc2c(ccc3cc(-n4c5ccccc5c5ccc6c(c7ccccc7n6-c6ccccc6)c54)ccc32)c1. The van der Waals surface area contributed by atoms with Crippen molar-refractivity contribution in [2.75, 3.05) is 0 Å². The van der Waals surface area contributed by atoms with Gasteiger partial charge >= 0.3 is 0 Å². The van der Waals surface area contributed by atoms with Gasteiger partial charge < -0.3 is 9.13 Å². The first-order chi connectivity index (χ1) is 20.8. The normalized spacial score (nSPS) is 11.8. The minimum Gasteiger partial charge on any atom is -0.309 e. The Morgan fingerprint density at radius 1 is 0.429 bits per heavy atom. The predicted molar refractivity (Wildman–Crippen MR) is 175 cm³/mol. The van der Waals surface area contributed by atoms with Crippen molar-refractivity contribution >= 4 is 65.2 Å². The molecule has 3 heteroatoms. The molecule has 7 aromatic carbocycles. The Labute approximate surface area is 241 Å². The van der Waals surface area contributed by atoms with E-state index in [-0.39, 0.29) is 0 Å². The van der Waals surface area contributed by atoms with Crippen molar-refractivity contribution in [3.8, 4) is 17.4 Å². The van der Waals surface area contributed by atoms with Gasteiger partial charge in [0.25, 0.3) is 0 Å². The Hall–Kier alpha value is -5.85. The quantitative estimate of drug-likeness (QED) is 0.204. The van der Waals surface area contributed by atoms with Crippen molar-refractivity contribution < 1.29 is 0 Å². The van der Waals surface area contributed by atoms with Gasteiger partial charge in [0.2, 0.25) is 0 Å². The summed E-state index contributed by atoms with van der Waals surface area (Å²) in [5.74, 6) is 0. The molecule has 2 heterocycles. The summed E-state index contributed by atoms with van der Waals surface area (Å²) in [5.41, 5.74) is 7.77. The first-order valence-corrected chi connectivity index (χ1v) is 14.2. The van der Waals surface area contributed by atoms with Gasteiger partial charge in [-0.25, -0.2) is 0 Å². The van der Waals surface area contributed by atoms with E-state index < -0.39 is 0 Å². The molecule has 3 nitrogen and oxygen atoms in total. The van der Waals surface area contributed by atoms with Crippen LogP contribution in [0.3, 0.4) is 0 Å². The summed E-state index contributed by atoms with van der Waals surface area (Å²) in [6.07, 6.45) is 0. The summed E-state index contributed by atoms with van der Waals surface area (Å²) in [4.78, 5) is 0. The Morgan fingerprint density at radius 2 is 1.07 bits per heavy atom. The highest BCUT2D eigenvalue weighted by Crippen LogP contribution is 2.42. The second-order valence-electron chi connectivity index (χ2n) is 10.9. The molecule has 2 aromatic heterocycles. The number of hydrogen-bond donors (Lipinski definition) is 0. The standard InChI is InChI=1S/C39H23N3/c40-24-25-14-18-30-26(22-25)15-16-27-23-29(17-19-31(27)30)42-35-12-6-4-10-32(35)33-20-21-37-38(39(33)42)34-11-5-7-13-36(34)41(37)28-8-2-1-3-9-28/h1-23H. The number of para-hydroxylation sites is 3. The fourth-order valence-corrected chi connectivity index (χ4v) is 6.90. The fraction of sp³-hybridized carbons (Fsp3) is 0. The molecule has 9 aromatic rings. The highest BCUT2D eigenvalue weighted by Gasteiger charge is 2.20. The van der Waals surface area contributed by atoms with E-state index in [1.807, 2.05) is 12.1 Å². The van der Waals surface area contributed by atoms with Crippen LogP contribution in [0.2, 0.25) is 0 Å². The third kappa shape index (κ3) is 3.09. The maximum atomic E-state index is 9.38. The smallest absolute Gasteiger partial charge is 0.0991 e. The van der Waals surface area contributed by atoms with E-state index >= 15 is 0 Å². The topological polar surface area (TPSA) is 33.6 Å². The van der Waals surface area contributed by atoms with Crippen molar-refractivity contribution in [3.63, 3.8) is 0 Å². The molecule has 0 aliphatic heterocycles. The molecule has 0 spiro atoms. The maximum absolute atomic E-state index is 9.38. The summed E-state index contributed by atoms with van der Waals surface area (Å²) < 4.78 is 4.82. The van der Waals surface area contributed by atoms with Crippen LogP contribution in [0.4, 0.5) is 0 Å². The second kappa shape index (κ2) is 8.57. The van der Waals surface area contributed by atoms with E-state index in [1.165, 1.54) is 54.4 Å². The van der Waals surface area contributed by atoms with E-state index in [4.69, 9.17) is 0 Å². The molecule has 0 bridgehead atoms. The lowest BCUT2D eigenvalue weighted by atomic mass is 10.00. The lowest BCUT2D eigenvalue weighted by molar-refractivity contribution is 1.18. The van der Waals surface area contributed by atoms with Crippen LogP contribution >= 0.6 is 0 Å². The minimum absolute atomic E-state index is 0.683. The zero-order chi connectivity index (χ0) is 27.8. The van der Waals surface area contributed by atoms with Gasteiger partial charge in [-0.1, -0.05) is 84.9 Å².